The summed E-state index contributed by atoms with van der Waals surface area (Å²) >= 11 is 0. The molecule has 1 aliphatic heterocycles. The van der Waals surface area contributed by atoms with Gasteiger partial charge in [-0.3, -0.25) is 14.1 Å². The minimum atomic E-state index is -3.48. The van der Waals surface area contributed by atoms with Crippen LogP contribution in [0.5, 0.6) is 0 Å². The molecule has 152 valence electrons. The molecule has 4 rings (SSSR count). The van der Waals surface area contributed by atoms with Crippen LogP contribution in [0.1, 0.15) is 17.0 Å². The maximum Gasteiger partial charge on any atom is 0.258 e. The highest BCUT2D eigenvalue weighted by molar-refractivity contribution is 7.89. The summed E-state index contributed by atoms with van der Waals surface area (Å²) in [5.41, 5.74) is 3.12. The van der Waals surface area contributed by atoms with Crippen molar-refractivity contribution in [1.29, 1.82) is 0 Å². The largest absolute Gasteiger partial charge is 0.295 e. The number of nitrogens with zero attached hydrogens (tertiary/aromatic N) is 4. The van der Waals surface area contributed by atoms with Gasteiger partial charge >= 0.3 is 0 Å². The van der Waals surface area contributed by atoms with Gasteiger partial charge in [-0.05, 0) is 38.1 Å². The molecular formula is C21H24N4O3S. The van der Waals surface area contributed by atoms with Crippen LogP contribution in [0.15, 0.2) is 58.2 Å². The van der Waals surface area contributed by atoms with Crippen LogP contribution in [0, 0.1) is 13.8 Å². The number of pyridine rings is 1. The number of sulfonamides is 1. The Labute approximate surface area is 170 Å². The van der Waals surface area contributed by atoms with E-state index in [1.807, 2.05) is 44.2 Å². The fraction of sp³-hybridized carbons (Fsp3) is 0.333. The summed E-state index contributed by atoms with van der Waals surface area (Å²) in [5.74, 6) is 0. The third-order valence-corrected chi connectivity index (χ3v) is 7.22. The molecule has 1 fully saturated rings. The van der Waals surface area contributed by atoms with Crippen LogP contribution in [0.25, 0.3) is 5.65 Å². The predicted molar refractivity (Wildman–Crippen MR) is 111 cm³/mol. The lowest BCUT2D eigenvalue weighted by Gasteiger charge is -2.33. The summed E-state index contributed by atoms with van der Waals surface area (Å²) in [6, 6.07) is 14.1. The molecule has 0 bridgehead atoms. The summed E-state index contributed by atoms with van der Waals surface area (Å²) in [6.07, 6.45) is 0. The number of fused-ring (bicyclic) bond motifs is 1. The van der Waals surface area contributed by atoms with Gasteiger partial charge in [0.1, 0.15) is 5.65 Å². The second-order valence-electron chi connectivity index (χ2n) is 7.44. The average molecular weight is 413 g/mol. The first-order chi connectivity index (χ1) is 13.8. The smallest absolute Gasteiger partial charge is 0.258 e. The second-order valence-corrected chi connectivity index (χ2v) is 9.38. The van der Waals surface area contributed by atoms with E-state index in [9.17, 15) is 13.2 Å². The highest BCUT2D eigenvalue weighted by Gasteiger charge is 2.28. The van der Waals surface area contributed by atoms with E-state index in [0.717, 1.165) is 11.3 Å². The van der Waals surface area contributed by atoms with Crippen molar-refractivity contribution in [2.24, 2.45) is 0 Å². The van der Waals surface area contributed by atoms with Gasteiger partial charge in [0.25, 0.3) is 5.56 Å². The van der Waals surface area contributed by atoms with Crippen molar-refractivity contribution in [3.05, 3.63) is 75.8 Å². The molecule has 0 amide bonds. The van der Waals surface area contributed by atoms with E-state index in [-0.39, 0.29) is 5.56 Å². The van der Waals surface area contributed by atoms with Gasteiger partial charge in [-0.25, -0.2) is 13.4 Å². The number of rotatable bonds is 4. The molecule has 8 heteroatoms. The Balaban J connectivity index is 1.46. The summed E-state index contributed by atoms with van der Waals surface area (Å²) in [4.78, 5) is 19.5. The molecule has 3 aromatic rings. The molecule has 0 saturated carbocycles. The summed E-state index contributed by atoms with van der Waals surface area (Å²) in [5, 5.41) is 0. The molecule has 1 aliphatic rings. The van der Waals surface area contributed by atoms with Gasteiger partial charge in [0.15, 0.2) is 0 Å². The lowest BCUT2D eigenvalue weighted by molar-refractivity contribution is 0.180. The standard InChI is InChI=1S/C21H24N4O3S/c1-16-6-8-19(9-7-16)29(27,28)24-12-10-23(11-13-24)15-18-14-21(26)25-17(2)4-3-5-20(25)22-18/h3-9,14H,10-13,15H2,1-2H3. The van der Waals surface area contributed by atoms with E-state index in [1.54, 1.807) is 22.6 Å². The number of hydrogen-bond donors (Lipinski definition) is 0. The first kappa shape index (κ1) is 19.8. The molecule has 3 heterocycles. The third-order valence-electron chi connectivity index (χ3n) is 5.31. The molecule has 29 heavy (non-hydrogen) atoms. The molecule has 0 spiro atoms. The number of piperazine rings is 1. The zero-order chi connectivity index (χ0) is 20.6. The number of hydrogen-bond acceptors (Lipinski definition) is 5. The molecule has 0 N–H and O–H groups in total. The Morgan fingerprint density at radius 3 is 2.34 bits per heavy atom. The molecule has 2 aromatic heterocycles. The third kappa shape index (κ3) is 3.96. The highest BCUT2D eigenvalue weighted by Crippen LogP contribution is 2.19. The van der Waals surface area contributed by atoms with Gasteiger partial charge < -0.3 is 0 Å². The van der Waals surface area contributed by atoms with E-state index in [1.165, 1.54) is 4.31 Å². The fourth-order valence-electron chi connectivity index (χ4n) is 3.66. The van der Waals surface area contributed by atoms with Crippen molar-refractivity contribution in [1.82, 2.24) is 18.6 Å². The van der Waals surface area contributed by atoms with E-state index in [4.69, 9.17) is 0 Å². The maximum absolute atomic E-state index is 12.8. The Bertz CT molecular complexity index is 1190. The van der Waals surface area contributed by atoms with Crippen LogP contribution >= 0.6 is 0 Å². The van der Waals surface area contributed by atoms with Crippen molar-refractivity contribution in [2.45, 2.75) is 25.3 Å². The van der Waals surface area contributed by atoms with E-state index >= 15 is 0 Å². The van der Waals surface area contributed by atoms with Gasteiger partial charge in [-0.2, -0.15) is 4.31 Å². The molecule has 1 aromatic carbocycles. The van der Waals surface area contributed by atoms with Crippen molar-refractivity contribution < 1.29 is 8.42 Å². The lowest BCUT2D eigenvalue weighted by Crippen LogP contribution is -2.48. The van der Waals surface area contributed by atoms with Crippen LogP contribution in [0.4, 0.5) is 0 Å². The van der Waals surface area contributed by atoms with Gasteiger partial charge in [-0.15, -0.1) is 0 Å². The molecule has 0 aliphatic carbocycles. The monoisotopic (exact) mass is 412 g/mol. The van der Waals surface area contributed by atoms with Gasteiger partial charge in [0.05, 0.1) is 10.6 Å². The Morgan fingerprint density at radius 2 is 1.66 bits per heavy atom. The Kier molecular flexibility index (Phi) is 5.24. The predicted octanol–water partition coefficient (Wildman–Crippen LogP) is 1.82. The molecule has 0 atom stereocenters. The molecule has 1 saturated heterocycles. The van der Waals surface area contributed by atoms with E-state index in [2.05, 4.69) is 9.88 Å². The first-order valence-corrected chi connectivity index (χ1v) is 11.1. The SMILES string of the molecule is Cc1ccc(S(=O)(=O)N2CCN(Cc3cc(=O)n4c(C)cccc4n3)CC2)cc1. The quantitative estimate of drug-likeness (QED) is 0.653. The van der Waals surface area contributed by atoms with Crippen molar-refractivity contribution in [3.8, 4) is 0 Å². The summed E-state index contributed by atoms with van der Waals surface area (Å²) in [7, 11) is -3.48. The number of aryl methyl sites for hydroxylation is 2. The molecule has 0 unspecified atom stereocenters. The van der Waals surface area contributed by atoms with Gasteiger partial charge in [-0.1, -0.05) is 23.8 Å². The van der Waals surface area contributed by atoms with Crippen LogP contribution in [-0.2, 0) is 16.6 Å². The normalized spacial score (nSPS) is 16.3. The van der Waals surface area contributed by atoms with Crippen molar-refractivity contribution in [2.75, 3.05) is 26.2 Å². The molecular weight excluding hydrogens is 388 g/mol. The molecule has 0 radical (unpaired) electrons. The zero-order valence-electron chi connectivity index (χ0n) is 16.6. The van der Waals surface area contributed by atoms with Crippen molar-refractivity contribution in [3.63, 3.8) is 0 Å². The van der Waals surface area contributed by atoms with Crippen LogP contribution in [0.2, 0.25) is 0 Å². The Hall–Kier alpha value is -2.55. The van der Waals surface area contributed by atoms with E-state index < -0.39 is 10.0 Å². The maximum atomic E-state index is 12.8. The van der Waals surface area contributed by atoms with Crippen molar-refractivity contribution >= 4 is 15.7 Å². The topological polar surface area (TPSA) is 75.0 Å². The van der Waals surface area contributed by atoms with Crippen LogP contribution in [0.3, 0.4) is 0 Å². The average Bonchev–Trinajstić information content (AvgIpc) is 2.68. The number of benzene rings is 1. The lowest BCUT2D eigenvalue weighted by atomic mass is 10.2. The minimum Gasteiger partial charge on any atom is -0.295 e. The molecule has 7 nitrogen and oxygen atoms in total. The summed E-state index contributed by atoms with van der Waals surface area (Å²) in [6.45, 7) is 6.37. The first-order valence-electron chi connectivity index (χ1n) is 9.62. The fourth-order valence-corrected chi connectivity index (χ4v) is 5.08. The number of aromatic nitrogens is 2. The van der Waals surface area contributed by atoms with Crippen LogP contribution < -0.4 is 5.56 Å². The van der Waals surface area contributed by atoms with Crippen LogP contribution in [-0.4, -0.2) is 53.2 Å². The van der Waals surface area contributed by atoms with Gasteiger partial charge in [0.2, 0.25) is 10.0 Å². The minimum absolute atomic E-state index is 0.0938. The van der Waals surface area contributed by atoms with Gasteiger partial charge in [0, 0.05) is 44.5 Å². The second kappa shape index (κ2) is 7.70. The van der Waals surface area contributed by atoms with E-state index in [0.29, 0.717) is 49.0 Å². The Morgan fingerprint density at radius 1 is 0.966 bits per heavy atom. The highest BCUT2D eigenvalue weighted by atomic mass is 32.2. The zero-order valence-corrected chi connectivity index (χ0v) is 17.4. The summed E-state index contributed by atoms with van der Waals surface area (Å²) < 4.78 is 28.8.